The average Bonchev–Trinajstić information content (AvgIpc) is 2.41. The molecule has 0 aliphatic heterocycles. The lowest BCUT2D eigenvalue weighted by molar-refractivity contribution is -0.157. The van der Waals surface area contributed by atoms with Gasteiger partial charge in [0.15, 0.2) is 6.04 Å². The summed E-state index contributed by atoms with van der Waals surface area (Å²) >= 11 is 0. The van der Waals surface area contributed by atoms with Crippen molar-refractivity contribution in [2.24, 2.45) is 0 Å². The molecular formula is C16H21F4NO2. The SMILES string of the molecule is CCC[C@@H](N(F)c1ccccc1C(=O)OC(C)(C)C)C(F)(F)F. The Hall–Kier alpha value is -1.79. The third-order valence-corrected chi connectivity index (χ3v) is 2.97. The summed E-state index contributed by atoms with van der Waals surface area (Å²) in [5.41, 5.74) is -1.52. The first-order valence-electron chi connectivity index (χ1n) is 7.31. The molecule has 0 radical (unpaired) electrons. The zero-order valence-corrected chi connectivity index (χ0v) is 13.6. The van der Waals surface area contributed by atoms with Crippen LogP contribution in [0.2, 0.25) is 0 Å². The predicted molar refractivity (Wildman–Crippen MR) is 79.9 cm³/mol. The van der Waals surface area contributed by atoms with Crippen molar-refractivity contribution in [3.63, 3.8) is 0 Å². The average molecular weight is 335 g/mol. The first kappa shape index (κ1) is 19.3. The van der Waals surface area contributed by atoms with Crippen molar-refractivity contribution in [3.8, 4) is 0 Å². The van der Waals surface area contributed by atoms with Gasteiger partial charge in [-0.15, -0.1) is 0 Å². The molecule has 0 bridgehead atoms. The van der Waals surface area contributed by atoms with Crippen molar-refractivity contribution in [1.82, 2.24) is 0 Å². The van der Waals surface area contributed by atoms with Crippen LogP contribution in [0.1, 0.15) is 50.9 Å². The van der Waals surface area contributed by atoms with E-state index in [9.17, 15) is 22.4 Å². The Balaban J connectivity index is 3.19. The van der Waals surface area contributed by atoms with Crippen LogP contribution < -0.4 is 5.12 Å². The summed E-state index contributed by atoms with van der Waals surface area (Å²) in [6.45, 7) is 6.40. The van der Waals surface area contributed by atoms with E-state index in [1.54, 1.807) is 20.8 Å². The third-order valence-electron chi connectivity index (χ3n) is 2.97. The highest BCUT2D eigenvalue weighted by atomic mass is 19.4. The molecule has 23 heavy (non-hydrogen) atoms. The third kappa shape index (κ3) is 5.41. The number of carbonyl (C=O) groups excluding carboxylic acids is 1. The minimum absolute atomic E-state index is 0.152. The molecule has 0 unspecified atom stereocenters. The molecule has 0 aliphatic carbocycles. The zero-order valence-electron chi connectivity index (χ0n) is 13.6. The maximum absolute atomic E-state index is 14.4. The molecule has 0 amide bonds. The van der Waals surface area contributed by atoms with Gasteiger partial charge in [-0.2, -0.15) is 18.3 Å². The summed E-state index contributed by atoms with van der Waals surface area (Å²) in [6.07, 6.45) is -5.01. The molecule has 1 rings (SSSR count). The first-order chi connectivity index (χ1) is 10.5. The number of esters is 1. The van der Waals surface area contributed by atoms with E-state index in [-0.39, 0.29) is 17.1 Å². The number of benzene rings is 1. The van der Waals surface area contributed by atoms with Gasteiger partial charge < -0.3 is 4.74 Å². The van der Waals surface area contributed by atoms with Crippen LogP contribution in [0.4, 0.5) is 23.3 Å². The van der Waals surface area contributed by atoms with Crippen LogP contribution in [0.15, 0.2) is 24.3 Å². The Morgan fingerprint density at radius 2 is 1.78 bits per heavy atom. The lowest BCUT2D eigenvalue weighted by Crippen LogP contribution is -2.42. The van der Waals surface area contributed by atoms with Crippen molar-refractivity contribution in [2.45, 2.75) is 58.4 Å². The molecule has 0 saturated carbocycles. The largest absolute Gasteiger partial charge is 0.456 e. The fraction of sp³-hybridized carbons (Fsp3) is 0.562. The normalized spacial score (nSPS) is 13.6. The van der Waals surface area contributed by atoms with Gasteiger partial charge in [-0.1, -0.05) is 30.0 Å². The van der Waals surface area contributed by atoms with Crippen LogP contribution >= 0.6 is 0 Å². The van der Waals surface area contributed by atoms with Gasteiger partial charge in [0, 0.05) is 0 Å². The van der Waals surface area contributed by atoms with Crippen molar-refractivity contribution in [2.75, 3.05) is 5.12 Å². The highest BCUT2D eigenvalue weighted by molar-refractivity contribution is 5.96. The Labute approximate surface area is 133 Å². The first-order valence-corrected chi connectivity index (χ1v) is 7.31. The van der Waals surface area contributed by atoms with Crippen LogP contribution in [-0.2, 0) is 4.74 Å². The van der Waals surface area contributed by atoms with Crippen molar-refractivity contribution >= 4 is 11.7 Å². The topological polar surface area (TPSA) is 29.5 Å². The van der Waals surface area contributed by atoms with Gasteiger partial charge in [-0.05, 0) is 39.3 Å². The zero-order chi connectivity index (χ0) is 17.8. The molecule has 0 spiro atoms. The van der Waals surface area contributed by atoms with E-state index in [2.05, 4.69) is 0 Å². The highest BCUT2D eigenvalue weighted by Crippen LogP contribution is 2.34. The van der Waals surface area contributed by atoms with Crippen LogP contribution in [0.3, 0.4) is 0 Å². The smallest absolute Gasteiger partial charge is 0.411 e. The lowest BCUT2D eigenvalue weighted by atomic mass is 10.1. The Morgan fingerprint density at radius 3 is 2.26 bits per heavy atom. The second-order valence-corrected chi connectivity index (χ2v) is 6.18. The molecule has 130 valence electrons. The maximum atomic E-state index is 14.4. The molecule has 1 aromatic rings. The van der Waals surface area contributed by atoms with Gasteiger partial charge in [0.25, 0.3) is 0 Å². The number of ether oxygens (including phenoxy) is 1. The Bertz CT molecular complexity index is 538. The van der Waals surface area contributed by atoms with Crippen LogP contribution in [0, 0.1) is 0 Å². The fourth-order valence-electron chi connectivity index (χ4n) is 2.01. The number of alkyl halides is 3. The molecule has 1 atom stereocenters. The Kier molecular flexibility index (Phi) is 6.02. The maximum Gasteiger partial charge on any atom is 0.411 e. The van der Waals surface area contributed by atoms with Crippen LogP contribution in [0.25, 0.3) is 0 Å². The number of para-hydroxylation sites is 1. The van der Waals surface area contributed by atoms with Crippen LogP contribution in [-0.4, -0.2) is 23.8 Å². The molecule has 0 N–H and O–H groups in total. The second-order valence-electron chi connectivity index (χ2n) is 6.18. The minimum atomic E-state index is -4.74. The summed E-state index contributed by atoms with van der Waals surface area (Å²) in [6, 6.07) is 2.88. The van der Waals surface area contributed by atoms with E-state index >= 15 is 0 Å². The fourth-order valence-corrected chi connectivity index (χ4v) is 2.01. The summed E-state index contributed by atoms with van der Waals surface area (Å²) in [7, 11) is 0. The van der Waals surface area contributed by atoms with Crippen molar-refractivity contribution in [3.05, 3.63) is 29.8 Å². The lowest BCUT2D eigenvalue weighted by Gasteiger charge is -2.28. The number of hydrogen-bond donors (Lipinski definition) is 0. The molecule has 0 fully saturated rings. The molecule has 1 aromatic carbocycles. The molecule has 0 heterocycles. The van der Waals surface area contributed by atoms with E-state index in [1.807, 2.05) is 0 Å². The van der Waals surface area contributed by atoms with E-state index in [0.717, 1.165) is 6.07 Å². The van der Waals surface area contributed by atoms with E-state index in [1.165, 1.54) is 25.1 Å². The van der Waals surface area contributed by atoms with E-state index in [4.69, 9.17) is 4.74 Å². The molecule has 0 aromatic heterocycles. The number of halogens is 4. The van der Waals surface area contributed by atoms with Crippen molar-refractivity contribution < 1.29 is 27.2 Å². The van der Waals surface area contributed by atoms with E-state index < -0.39 is 35.9 Å². The standard InChI is InChI=1S/C16H21F4NO2/c1-5-8-13(16(17,18)19)21(20)12-10-7-6-9-11(12)14(22)23-15(2,3)4/h6-7,9-10,13H,5,8H2,1-4H3/t13-/m1/s1. The number of carbonyl (C=O) groups is 1. The van der Waals surface area contributed by atoms with Gasteiger partial charge in [0.2, 0.25) is 0 Å². The number of rotatable bonds is 5. The molecule has 0 saturated heterocycles. The summed E-state index contributed by atoms with van der Waals surface area (Å²) in [5, 5.41) is -0.386. The van der Waals surface area contributed by atoms with E-state index in [0.29, 0.717) is 0 Å². The molecule has 7 heteroatoms. The molecule has 3 nitrogen and oxygen atoms in total. The predicted octanol–water partition coefficient (Wildman–Crippen LogP) is 5.06. The van der Waals surface area contributed by atoms with Gasteiger partial charge >= 0.3 is 12.1 Å². The summed E-state index contributed by atoms with van der Waals surface area (Å²) in [4.78, 5) is 12.1. The quantitative estimate of drug-likeness (QED) is 0.428. The van der Waals surface area contributed by atoms with Gasteiger partial charge in [-0.3, -0.25) is 0 Å². The molecule has 0 aliphatic rings. The highest BCUT2D eigenvalue weighted by Gasteiger charge is 2.44. The molecular weight excluding hydrogens is 314 g/mol. The van der Waals surface area contributed by atoms with Gasteiger partial charge in [0.05, 0.1) is 11.3 Å². The number of anilines is 1. The van der Waals surface area contributed by atoms with Crippen LogP contribution in [0.5, 0.6) is 0 Å². The number of hydrogen-bond acceptors (Lipinski definition) is 3. The van der Waals surface area contributed by atoms with Gasteiger partial charge in [-0.25, -0.2) is 4.79 Å². The van der Waals surface area contributed by atoms with Gasteiger partial charge in [0.1, 0.15) is 5.60 Å². The summed E-state index contributed by atoms with van der Waals surface area (Å²) in [5.74, 6) is -0.867. The second kappa shape index (κ2) is 7.19. The number of nitrogens with zero attached hydrogens (tertiary/aromatic N) is 1. The van der Waals surface area contributed by atoms with Crippen molar-refractivity contribution in [1.29, 1.82) is 0 Å². The summed E-state index contributed by atoms with van der Waals surface area (Å²) < 4.78 is 58.7. The monoisotopic (exact) mass is 335 g/mol. The Morgan fingerprint density at radius 1 is 1.22 bits per heavy atom. The minimum Gasteiger partial charge on any atom is -0.456 e.